The molecule has 6 nitrogen and oxygen atoms in total. The number of methoxy groups -OCH3 is 1. The van der Waals surface area contributed by atoms with Crippen molar-refractivity contribution < 1.29 is 14.3 Å². The quantitative estimate of drug-likeness (QED) is 0.436. The minimum atomic E-state index is -0.179. The molecule has 0 saturated heterocycles. The van der Waals surface area contributed by atoms with Crippen molar-refractivity contribution in [1.29, 1.82) is 0 Å². The zero-order valence-corrected chi connectivity index (χ0v) is 19.2. The number of carbonyl (C=O) groups is 2. The molecule has 7 heteroatoms. The summed E-state index contributed by atoms with van der Waals surface area (Å²) in [6, 6.07) is 18.0. The number of hydrogen-bond acceptors (Lipinski definition) is 4. The average molecular weight is 462 g/mol. The fourth-order valence-electron chi connectivity index (χ4n) is 3.89. The first-order chi connectivity index (χ1) is 16.0. The van der Waals surface area contributed by atoms with Gasteiger partial charge in [-0.1, -0.05) is 17.7 Å². The largest absolute Gasteiger partial charge is 0.497 e. The SMILES string of the molecule is COc1ccc2c(c1)c(CC(=O)NCCc1ccccn1)c(C)n2C(=O)c1ccc(Cl)cc1. The lowest BCUT2D eigenvalue weighted by atomic mass is 10.1. The predicted octanol–water partition coefficient (Wildman–Crippen LogP) is 4.60. The van der Waals surface area contributed by atoms with Crippen LogP contribution in [0, 0.1) is 6.92 Å². The summed E-state index contributed by atoms with van der Waals surface area (Å²) < 4.78 is 7.03. The number of ether oxygens (including phenoxy) is 1. The highest BCUT2D eigenvalue weighted by Gasteiger charge is 2.22. The molecule has 4 rings (SSSR count). The molecule has 0 spiro atoms. The van der Waals surface area contributed by atoms with Crippen molar-refractivity contribution >= 4 is 34.3 Å². The molecule has 0 aliphatic carbocycles. The Morgan fingerprint density at radius 1 is 1.09 bits per heavy atom. The highest BCUT2D eigenvalue weighted by atomic mass is 35.5. The molecule has 168 valence electrons. The van der Waals surface area contributed by atoms with E-state index in [1.807, 2.05) is 43.3 Å². The van der Waals surface area contributed by atoms with Crippen LogP contribution in [-0.2, 0) is 17.6 Å². The molecule has 2 heterocycles. The fraction of sp³-hybridized carbons (Fsp3) is 0.192. The molecule has 33 heavy (non-hydrogen) atoms. The number of nitrogens with zero attached hydrogens (tertiary/aromatic N) is 2. The Balaban J connectivity index is 1.62. The molecule has 2 aromatic heterocycles. The molecule has 0 unspecified atom stereocenters. The molecular weight excluding hydrogens is 438 g/mol. The molecule has 0 aliphatic rings. The van der Waals surface area contributed by atoms with Gasteiger partial charge in [-0.3, -0.25) is 19.1 Å². The Morgan fingerprint density at radius 2 is 1.88 bits per heavy atom. The Bertz CT molecular complexity index is 1300. The van der Waals surface area contributed by atoms with E-state index in [0.717, 1.165) is 27.9 Å². The Morgan fingerprint density at radius 3 is 2.58 bits per heavy atom. The highest BCUT2D eigenvalue weighted by molar-refractivity contribution is 6.30. The van der Waals surface area contributed by atoms with E-state index in [9.17, 15) is 9.59 Å². The van der Waals surface area contributed by atoms with Crippen LogP contribution in [0.4, 0.5) is 0 Å². The van der Waals surface area contributed by atoms with E-state index in [2.05, 4.69) is 10.3 Å². The van der Waals surface area contributed by atoms with E-state index < -0.39 is 0 Å². The third kappa shape index (κ3) is 4.91. The van der Waals surface area contributed by atoms with Gasteiger partial charge in [0.1, 0.15) is 5.75 Å². The van der Waals surface area contributed by atoms with E-state index in [4.69, 9.17) is 16.3 Å². The number of pyridine rings is 1. The van der Waals surface area contributed by atoms with Crippen molar-refractivity contribution in [2.75, 3.05) is 13.7 Å². The summed E-state index contributed by atoms with van der Waals surface area (Å²) in [5.41, 5.74) is 3.68. The number of aromatic nitrogens is 2. The van der Waals surface area contributed by atoms with Crippen molar-refractivity contribution in [1.82, 2.24) is 14.9 Å². The second kappa shape index (κ2) is 9.88. The summed E-state index contributed by atoms with van der Waals surface area (Å²) >= 11 is 5.98. The van der Waals surface area contributed by atoms with Crippen LogP contribution < -0.4 is 10.1 Å². The Hall–Kier alpha value is -3.64. The van der Waals surface area contributed by atoms with E-state index in [1.54, 1.807) is 42.1 Å². The number of carbonyl (C=O) groups excluding carboxylic acids is 2. The summed E-state index contributed by atoms with van der Waals surface area (Å²) in [7, 11) is 1.59. The van der Waals surface area contributed by atoms with Gasteiger partial charge in [-0.15, -0.1) is 0 Å². The van der Waals surface area contributed by atoms with E-state index in [-0.39, 0.29) is 18.2 Å². The van der Waals surface area contributed by atoms with Crippen LogP contribution in [-0.4, -0.2) is 35.0 Å². The third-order valence-electron chi connectivity index (χ3n) is 5.60. The summed E-state index contributed by atoms with van der Waals surface area (Å²) in [6.07, 6.45) is 2.54. The minimum Gasteiger partial charge on any atom is -0.497 e. The van der Waals surface area contributed by atoms with Gasteiger partial charge in [0.25, 0.3) is 5.91 Å². The van der Waals surface area contributed by atoms with Gasteiger partial charge in [-0.05, 0) is 67.1 Å². The van der Waals surface area contributed by atoms with Gasteiger partial charge in [0.15, 0.2) is 0 Å². The summed E-state index contributed by atoms with van der Waals surface area (Å²) in [6.45, 7) is 2.34. The van der Waals surface area contributed by atoms with Gasteiger partial charge in [0, 0.05) is 46.5 Å². The summed E-state index contributed by atoms with van der Waals surface area (Å²) in [4.78, 5) is 30.4. The first-order valence-electron chi connectivity index (χ1n) is 10.6. The number of amides is 1. The van der Waals surface area contributed by atoms with Crippen molar-refractivity contribution in [2.24, 2.45) is 0 Å². The van der Waals surface area contributed by atoms with Gasteiger partial charge in [0.2, 0.25) is 5.91 Å². The van der Waals surface area contributed by atoms with Crippen LogP contribution in [0.1, 0.15) is 27.3 Å². The maximum atomic E-state index is 13.4. The Labute approximate surface area is 197 Å². The lowest BCUT2D eigenvalue weighted by molar-refractivity contribution is -0.120. The van der Waals surface area contributed by atoms with Crippen LogP contribution in [0.5, 0.6) is 5.75 Å². The van der Waals surface area contributed by atoms with Crippen molar-refractivity contribution in [2.45, 2.75) is 19.8 Å². The lowest BCUT2D eigenvalue weighted by Crippen LogP contribution is -2.27. The van der Waals surface area contributed by atoms with E-state index in [0.29, 0.717) is 29.3 Å². The van der Waals surface area contributed by atoms with Gasteiger partial charge < -0.3 is 10.1 Å². The Kier molecular flexibility index (Phi) is 6.75. The predicted molar refractivity (Wildman–Crippen MR) is 129 cm³/mol. The molecule has 2 aromatic carbocycles. The second-order valence-corrected chi connectivity index (χ2v) is 8.13. The number of fused-ring (bicyclic) bond motifs is 1. The molecular formula is C26H24ClN3O3. The van der Waals surface area contributed by atoms with Gasteiger partial charge in [-0.25, -0.2) is 0 Å². The van der Waals surface area contributed by atoms with Gasteiger partial charge >= 0.3 is 0 Å². The van der Waals surface area contributed by atoms with Crippen LogP contribution in [0.3, 0.4) is 0 Å². The maximum Gasteiger partial charge on any atom is 0.262 e. The standard InChI is InChI=1S/C26H24ClN3O3/c1-17-22(16-25(31)29-14-12-20-5-3-4-13-28-20)23-15-21(33-2)10-11-24(23)30(17)26(32)18-6-8-19(27)9-7-18/h3-11,13,15H,12,14,16H2,1-2H3,(H,29,31). The second-order valence-electron chi connectivity index (χ2n) is 7.69. The average Bonchev–Trinajstić information content (AvgIpc) is 3.10. The number of hydrogen-bond donors (Lipinski definition) is 1. The zero-order chi connectivity index (χ0) is 23.4. The summed E-state index contributed by atoms with van der Waals surface area (Å²) in [5.74, 6) is 0.367. The monoisotopic (exact) mass is 461 g/mol. The normalized spacial score (nSPS) is 10.9. The molecule has 0 saturated carbocycles. The molecule has 4 aromatic rings. The molecule has 0 atom stereocenters. The smallest absolute Gasteiger partial charge is 0.262 e. The number of nitrogens with one attached hydrogen (secondary N) is 1. The number of halogens is 1. The third-order valence-corrected chi connectivity index (χ3v) is 5.85. The lowest BCUT2D eigenvalue weighted by Gasteiger charge is -2.08. The topological polar surface area (TPSA) is 73.2 Å². The van der Waals surface area contributed by atoms with Crippen molar-refractivity contribution in [3.05, 3.63) is 94.4 Å². The van der Waals surface area contributed by atoms with Crippen molar-refractivity contribution in [3.8, 4) is 5.75 Å². The molecule has 0 fully saturated rings. The van der Waals surface area contributed by atoms with E-state index >= 15 is 0 Å². The summed E-state index contributed by atoms with van der Waals surface area (Å²) in [5, 5.41) is 4.33. The minimum absolute atomic E-state index is 0.116. The van der Waals surface area contributed by atoms with Crippen LogP contribution in [0.2, 0.25) is 5.02 Å². The van der Waals surface area contributed by atoms with Crippen molar-refractivity contribution in [3.63, 3.8) is 0 Å². The molecule has 0 aliphatic heterocycles. The molecule has 0 radical (unpaired) electrons. The highest BCUT2D eigenvalue weighted by Crippen LogP contribution is 2.30. The first kappa shape index (κ1) is 22.6. The molecule has 0 bridgehead atoms. The van der Waals surface area contributed by atoms with Crippen LogP contribution in [0.25, 0.3) is 10.9 Å². The molecule has 1 N–H and O–H groups in total. The van der Waals surface area contributed by atoms with Gasteiger partial charge in [0.05, 0.1) is 19.0 Å². The zero-order valence-electron chi connectivity index (χ0n) is 18.5. The first-order valence-corrected chi connectivity index (χ1v) is 11.0. The molecule has 1 amide bonds. The van der Waals surface area contributed by atoms with Gasteiger partial charge in [-0.2, -0.15) is 0 Å². The number of benzene rings is 2. The number of rotatable bonds is 7. The van der Waals surface area contributed by atoms with E-state index in [1.165, 1.54) is 0 Å². The van der Waals surface area contributed by atoms with Crippen LogP contribution in [0.15, 0.2) is 66.9 Å². The fourth-order valence-corrected chi connectivity index (χ4v) is 4.02. The van der Waals surface area contributed by atoms with Crippen LogP contribution >= 0.6 is 11.6 Å². The maximum absolute atomic E-state index is 13.4.